The summed E-state index contributed by atoms with van der Waals surface area (Å²) >= 11 is 0. The first-order chi connectivity index (χ1) is 17.7. The second-order valence-corrected chi connectivity index (χ2v) is 8.02. The lowest BCUT2D eigenvalue weighted by Gasteiger charge is -2.16. The summed E-state index contributed by atoms with van der Waals surface area (Å²) in [4.78, 5) is 12.4. The van der Waals surface area contributed by atoms with E-state index in [0.29, 0.717) is 52.1 Å². The standard InChI is InChI=1S/C30H24O6/c1-32-28-24(15-16-25(29(28)33-2)34-19-20-9-5-3-6-10-20)27-17-22-13-14-23(18-26(22)36-27)35-30(31)21-11-7-4-8-12-21/h3-18H,19H2,1-2H3. The first-order valence-corrected chi connectivity index (χ1v) is 11.4. The average Bonchev–Trinajstić information content (AvgIpc) is 3.35. The van der Waals surface area contributed by atoms with Gasteiger partial charge < -0.3 is 23.4 Å². The molecule has 6 nitrogen and oxygen atoms in total. The second kappa shape index (κ2) is 10.3. The molecule has 0 atom stereocenters. The fourth-order valence-electron chi connectivity index (χ4n) is 3.93. The van der Waals surface area contributed by atoms with E-state index in [9.17, 15) is 4.79 Å². The number of hydrogen-bond donors (Lipinski definition) is 0. The summed E-state index contributed by atoms with van der Waals surface area (Å²) in [7, 11) is 3.15. The van der Waals surface area contributed by atoms with Crippen LogP contribution in [0.2, 0.25) is 0 Å². The van der Waals surface area contributed by atoms with Crippen molar-refractivity contribution in [1.29, 1.82) is 0 Å². The maximum atomic E-state index is 12.4. The van der Waals surface area contributed by atoms with E-state index in [0.717, 1.165) is 10.9 Å². The van der Waals surface area contributed by atoms with E-state index in [1.54, 1.807) is 50.6 Å². The molecule has 36 heavy (non-hydrogen) atoms. The Balaban J connectivity index is 1.42. The van der Waals surface area contributed by atoms with Crippen molar-refractivity contribution in [2.24, 2.45) is 0 Å². The molecule has 0 saturated heterocycles. The quantitative estimate of drug-likeness (QED) is 0.177. The zero-order chi connectivity index (χ0) is 24.9. The van der Waals surface area contributed by atoms with Gasteiger partial charge in [-0.25, -0.2) is 4.79 Å². The molecule has 1 aromatic heterocycles. The number of carbonyl (C=O) groups excluding carboxylic acids is 1. The van der Waals surface area contributed by atoms with Gasteiger partial charge in [-0.1, -0.05) is 48.5 Å². The Morgan fingerprint density at radius 2 is 1.50 bits per heavy atom. The molecule has 0 spiro atoms. The third-order valence-corrected chi connectivity index (χ3v) is 5.70. The lowest BCUT2D eigenvalue weighted by molar-refractivity contribution is 0.0735. The Bertz CT molecular complexity index is 1490. The molecule has 0 aliphatic rings. The minimum absolute atomic E-state index is 0.395. The first-order valence-electron chi connectivity index (χ1n) is 11.4. The van der Waals surface area contributed by atoms with Crippen LogP contribution in [0.3, 0.4) is 0 Å². The topological polar surface area (TPSA) is 67.1 Å². The molecule has 180 valence electrons. The summed E-state index contributed by atoms with van der Waals surface area (Å²) in [6, 6.07) is 29.6. The van der Waals surface area contributed by atoms with Crippen molar-refractivity contribution in [3.63, 3.8) is 0 Å². The van der Waals surface area contributed by atoms with E-state index < -0.39 is 5.97 Å². The van der Waals surface area contributed by atoms with Crippen molar-refractivity contribution in [3.8, 4) is 34.3 Å². The summed E-state index contributed by atoms with van der Waals surface area (Å²) < 4.78 is 29.0. The maximum Gasteiger partial charge on any atom is 0.343 e. The van der Waals surface area contributed by atoms with Crippen molar-refractivity contribution >= 4 is 16.9 Å². The summed E-state index contributed by atoms with van der Waals surface area (Å²) in [5.41, 5.74) is 2.81. The molecule has 0 aliphatic heterocycles. The van der Waals surface area contributed by atoms with E-state index in [1.165, 1.54) is 0 Å². The van der Waals surface area contributed by atoms with Crippen molar-refractivity contribution < 1.29 is 28.2 Å². The lowest BCUT2D eigenvalue weighted by Crippen LogP contribution is -2.07. The predicted molar refractivity (Wildman–Crippen MR) is 137 cm³/mol. The monoisotopic (exact) mass is 480 g/mol. The molecule has 0 saturated carbocycles. The van der Waals surface area contributed by atoms with Gasteiger partial charge in [0.25, 0.3) is 0 Å². The van der Waals surface area contributed by atoms with Crippen LogP contribution in [0.1, 0.15) is 15.9 Å². The van der Waals surface area contributed by atoms with E-state index in [1.807, 2.05) is 60.7 Å². The van der Waals surface area contributed by atoms with Crippen molar-refractivity contribution in [1.82, 2.24) is 0 Å². The number of esters is 1. The zero-order valence-electron chi connectivity index (χ0n) is 19.9. The molecule has 0 amide bonds. The Kier molecular flexibility index (Phi) is 6.58. The normalized spacial score (nSPS) is 10.7. The number of benzene rings is 4. The number of carbonyl (C=O) groups is 1. The van der Waals surface area contributed by atoms with Crippen LogP contribution >= 0.6 is 0 Å². The van der Waals surface area contributed by atoms with Crippen molar-refractivity contribution in [3.05, 3.63) is 108 Å². The summed E-state index contributed by atoms with van der Waals surface area (Å²) in [6.07, 6.45) is 0. The first kappa shape index (κ1) is 23.1. The maximum absolute atomic E-state index is 12.4. The summed E-state index contributed by atoms with van der Waals surface area (Å²) in [6.45, 7) is 0.398. The summed E-state index contributed by atoms with van der Waals surface area (Å²) in [5, 5.41) is 0.856. The Hall–Kier alpha value is -4.71. The van der Waals surface area contributed by atoms with Crippen LogP contribution in [0.5, 0.6) is 23.0 Å². The van der Waals surface area contributed by atoms with Gasteiger partial charge in [-0.3, -0.25) is 0 Å². The zero-order valence-corrected chi connectivity index (χ0v) is 19.9. The van der Waals surface area contributed by atoms with Crippen molar-refractivity contribution in [2.45, 2.75) is 6.61 Å². The molecule has 0 N–H and O–H groups in total. The smallest absolute Gasteiger partial charge is 0.343 e. The number of ether oxygens (including phenoxy) is 4. The van der Waals surface area contributed by atoms with Gasteiger partial charge in [0.05, 0.1) is 25.3 Å². The van der Waals surface area contributed by atoms with Crippen LogP contribution < -0.4 is 18.9 Å². The van der Waals surface area contributed by atoms with E-state index in [-0.39, 0.29) is 0 Å². The second-order valence-electron chi connectivity index (χ2n) is 8.02. The van der Waals surface area contributed by atoms with Crippen LogP contribution in [0.15, 0.2) is 101 Å². The van der Waals surface area contributed by atoms with E-state index in [2.05, 4.69) is 0 Å². The number of rotatable bonds is 8. The number of fused-ring (bicyclic) bond motifs is 1. The SMILES string of the molecule is COc1c(OCc2ccccc2)ccc(-c2cc3ccc(OC(=O)c4ccccc4)cc3o2)c1OC. The highest BCUT2D eigenvalue weighted by atomic mass is 16.5. The van der Waals surface area contributed by atoms with Gasteiger partial charge in [-0.15, -0.1) is 0 Å². The van der Waals surface area contributed by atoms with Gasteiger partial charge in [0, 0.05) is 11.5 Å². The van der Waals surface area contributed by atoms with Gasteiger partial charge in [0.15, 0.2) is 11.5 Å². The Morgan fingerprint density at radius 1 is 0.778 bits per heavy atom. The molecule has 0 fully saturated rings. The van der Waals surface area contributed by atoms with Crippen LogP contribution in [-0.2, 0) is 6.61 Å². The molecule has 4 aromatic carbocycles. The molecule has 0 aliphatic carbocycles. The molecule has 0 radical (unpaired) electrons. The third-order valence-electron chi connectivity index (χ3n) is 5.70. The minimum Gasteiger partial charge on any atom is -0.492 e. The molecular formula is C30H24O6. The van der Waals surface area contributed by atoms with Gasteiger partial charge in [-0.2, -0.15) is 0 Å². The molecular weight excluding hydrogens is 456 g/mol. The third kappa shape index (κ3) is 4.74. The highest BCUT2D eigenvalue weighted by Crippen LogP contribution is 2.45. The Morgan fingerprint density at radius 3 is 2.22 bits per heavy atom. The van der Waals surface area contributed by atoms with Crippen LogP contribution in [0, 0.1) is 0 Å². The molecule has 1 heterocycles. The van der Waals surface area contributed by atoms with E-state index in [4.69, 9.17) is 23.4 Å². The Labute approximate surface area is 208 Å². The highest BCUT2D eigenvalue weighted by Gasteiger charge is 2.20. The average molecular weight is 481 g/mol. The molecule has 5 rings (SSSR count). The van der Waals surface area contributed by atoms with E-state index >= 15 is 0 Å². The van der Waals surface area contributed by atoms with Gasteiger partial charge in [0.2, 0.25) is 5.75 Å². The highest BCUT2D eigenvalue weighted by molar-refractivity contribution is 5.92. The lowest BCUT2D eigenvalue weighted by atomic mass is 10.1. The molecule has 5 aromatic rings. The predicted octanol–water partition coefficient (Wildman–Crippen LogP) is 6.92. The number of methoxy groups -OCH3 is 2. The van der Waals surface area contributed by atoms with Crippen molar-refractivity contribution in [2.75, 3.05) is 14.2 Å². The van der Waals surface area contributed by atoms with Crippen LogP contribution in [0.4, 0.5) is 0 Å². The minimum atomic E-state index is -0.431. The van der Waals surface area contributed by atoms with Gasteiger partial charge in [-0.05, 0) is 48.0 Å². The van der Waals surface area contributed by atoms with Gasteiger partial charge in [0.1, 0.15) is 23.7 Å². The number of furan rings is 1. The van der Waals surface area contributed by atoms with Crippen LogP contribution in [-0.4, -0.2) is 20.2 Å². The van der Waals surface area contributed by atoms with Gasteiger partial charge >= 0.3 is 5.97 Å². The molecule has 0 unspecified atom stereocenters. The number of hydrogen-bond acceptors (Lipinski definition) is 6. The fraction of sp³-hybridized carbons (Fsp3) is 0.100. The molecule has 6 heteroatoms. The largest absolute Gasteiger partial charge is 0.492 e. The summed E-state index contributed by atoms with van der Waals surface area (Å²) in [5.74, 6) is 2.09. The van der Waals surface area contributed by atoms with Crippen LogP contribution in [0.25, 0.3) is 22.3 Å². The fourth-order valence-corrected chi connectivity index (χ4v) is 3.93. The molecule has 0 bridgehead atoms.